The third-order valence-corrected chi connectivity index (χ3v) is 3.70. The van der Waals surface area contributed by atoms with E-state index < -0.39 is 0 Å². The Labute approximate surface area is 146 Å². The topological polar surface area (TPSA) is 62.7 Å². The SMILES string of the molecule is CC(=O)N(Cc1ccccc1O)c1cccnc1Oc1ccccc1. The molecule has 0 aliphatic heterocycles. The summed E-state index contributed by atoms with van der Waals surface area (Å²) < 4.78 is 5.84. The van der Waals surface area contributed by atoms with Gasteiger partial charge in [-0.3, -0.25) is 4.79 Å². The number of benzene rings is 2. The van der Waals surface area contributed by atoms with Crippen molar-refractivity contribution in [3.05, 3.63) is 78.5 Å². The van der Waals surface area contributed by atoms with E-state index in [9.17, 15) is 9.90 Å². The maximum Gasteiger partial charge on any atom is 0.243 e. The highest BCUT2D eigenvalue weighted by atomic mass is 16.5. The van der Waals surface area contributed by atoms with Crippen LogP contribution in [0.1, 0.15) is 12.5 Å². The summed E-state index contributed by atoms with van der Waals surface area (Å²) in [6.07, 6.45) is 1.61. The van der Waals surface area contributed by atoms with Crippen molar-refractivity contribution in [2.24, 2.45) is 0 Å². The molecule has 1 aromatic heterocycles. The van der Waals surface area contributed by atoms with Gasteiger partial charge in [-0.2, -0.15) is 0 Å². The summed E-state index contributed by atoms with van der Waals surface area (Å²) in [4.78, 5) is 18.0. The minimum absolute atomic E-state index is 0.142. The fourth-order valence-corrected chi connectivity index (χ4v) is 2.45. The molecule has 0 fully saturated rings. The van der Waals surface area contributed by atoms with Gasteiger partial charge < -0.3 is 14.7 Å². The Morgan fingerprint density at radius 1 is 1.04 bits per heavy atom. The molecule has 3 aromatic rings. The first kappa shape index (κ1) is 16.5. The molecule has 0 saturated heterocycles. The molecule has 3 rings (SSSR count). The quantitative estimate of drug-likeness (QED) is 0.762. The van der Waals surface area contributed by atoms with Crippen LogP contribution in [0, 0.1) is 0 Å². The fraction of sp³-hybridized carbons (Fsp3) is 0.100. The summed E-state index contributed by atoms with van der Waals surface area (Å²) in [5, 5.41) is 10.0. The third kappa shape index (κ3) is 3.95. The first-order valence-electron chi connectivity index (χ1n) is 7.88. The van der Waals surface area contributed by atoms with E-state index in [1.807, 2.05) is 36.4 Å². The Morgan fingerprint density at radius 3 is 2.48 bits per heavy atom. The number of amides is 1. The number of aromatic nitrogens is 1. The van der Waals surface area contributed by atoms with E-state index in [1.165, 1.54) is 11.8 Å². The highest BCUT2D eigenvalue weighted by Gasteiger charge is 2.19. The van der Waals surface area contributed by atoms with Crippen LogP contribution in [0.4, 0.5) is 5.69 Å². The summed E-state index contributed by atoms with van der Waals surface area (Å²) in [5.74, 6) is 0.935. The summed E-state index contributed by atoms with van der Waals surface area (Å²) in [7, 11) is 0. The van der Waals surface area contributed by atoms with Crippen molar-refractivity contribution >= 4 is 11.6 Å². The molecule has 5 heteroatoms. The molecule has 0 unspecified atom stereocenters. The molecule has 25 heavy (non-hydrogen) atoms. The van der Waals surface area contributed by atoms with Crippen LogP contribution in [0.15, 0.2) is 72.9 Å². The van der Waals surface area contributed by atoms with Crippen molar-refractivity contribution < 1.29 is 14.6 Å². The van der Waals surface area contributed by atoms with Gasteiger partial charge in [-0.05, 0) is 30.3 Å². The molecule has 5 nitrogen and oxygen atoms in total. The van der Waals surface area contributed by atoms with E-state index in [0.717, 1.165) is 0 Å². The standard InChI is InChI=1S/C20H18N2O3/c1-15(23)22(14-16-8-5-6-12-19(16)24)18-11-7-13-21-20(18)25-17-9-3-2-4-10-17/h2-13,24H,14H2,1H3. The van der Waals surface area contributed by atoms with Gasteiger partial charge in [0.25, 0.3) is 0 Å². The lowest BCUT2D eigenvalue weighted by Crippen LogP contribution is -2.28. The van der Waals surface area contributed by atoms with E-state index >= 15 is 0 Å². The molecule has 2 aromatic carbocycles. The largest absolute Gasteiger partial charge is 0.508 e. The van der Waals surface area contributed by atoms with Crippen LogP contribution in [0.3, 0.4) is 0 Å². The predicted octanol–water partition coefficient (Wildman–Crippen LogP) is 4.13. The molecule has 1 heterocycles. The lowest BCUT2D eigenvalue weighted by atomic mass is 10.1. The van der Waals surface area contributed by atoms with Crippen molar-refractivity contribution in [3.8, 4) is 17.4 Å². The molecular formula is C20H18N2O3. The molecule has 0 spiro atoms. The van der Waals surface area contributed by atoms with Crippen molar-refractivity contribution in [1.82, 2.24) is 4.98 Å². The Balaban J connectivity index is 1.94. The van der Waals surface area contributed by atoms with Crippen molar-refractivity contribution in [3.63, 3.8) is 0 Å². The first-order valence-corrected chi connectivity index (χ1v) is 7.88. The molecule has 0 bridgehead atoms. The number of anilines is 1. The number of ether oxygens (including phenoxy) is 1. The summed E-state index contributed by atoms with van der Waals surface area (Å²) >= 11 is 0. The molecule has 0 atom stereocenters. The molecule has 126 valence electrons. The Morgan fingerprint density at radius 2 is 1.76 bits per heavy atom. The monoisotopic (exact) mass is 334 g/mol. The zero-order valence-electron chi connectivity index (χ0n) is 13.8. The number of hydrogen-bond donors (Lipinski definition) is 1. The lowest BCUT2D eigenvalue weighted by molar-refractivity contribution is -0.116. The van der Waals surface area contributed by atoms with E-state index in [-0.39, 0.29) is 18.2 Å². The normalized spacial score (nSPS) is 10.3. The van der Waals surface area contributed by atoms with Gasteiger partial charge in [0.15, 0.2) is 0 Å². The van der Waals surface area contributed by atoms with Crippen LogP contribution in [0.25, 0.3) is 0 Å². The number of phenols is 1. The van der Waals surface area contributed by atoms with Crippen LogP contribution < -0.4 is 9.64 Å². The second-order valence-corrected chi connectivity index (χ2v) is 5.48. The zero-order valence-corrected chi connectivity index (χ0v) is 13.8. The highest BCUT2D eigenvalue weighted by Crippen LogP contribution is 2.32. The average molecular weight is 334 g/mol. The molecule has 1 N–H and O–H groups in total. The maximum absolute atomic E-state index is 12.2. The van der Waals surface area contributed by atoms with E-state index in [4.69, 9.17) is 4.74 Å². The van der Waals surface area contributed by atoms with Gasteiger partial charge in [0.1, 0.15) is 17.2 Å². The van der Waals surface area contributed by atoms with Gasteiger partial charge in [-0.1, -0.05) is 36.4 Å². The number of nitrogens with zero attached hydrogens (tertiary/aromatic N) is 2. The smallest absolute Gasteiger partial charge is 0.243 e. The van der Waals surface area contributed by atoms with Crippen LogP contribution in [0.2, 0.25) is 0 Å². The van der Waals surface area contributed by atoms with Gasteiger partial charge in [-0.25, -0.2) is 4.98 Å². The average Bonchev–Trinajstić information content (AvgIpc) is 2.62. The molecular weight excluding hydrogens is 316 g/mol. The summed E-state index contributed by atoms with van der Waals surface area (Å²) in [5.41, 5.74) is 1.19. The molecule has 1 amide bonds. The molecule has 0 radical (unpaired) electrons. The number of carbonyl (C=O) groups excluding carboxylic acids is 1. The van der Waals surface area contributed by atoms with Crippen molar-refractivity contribution in [2.75, 3.05) is 4.90 Å². The minimum atomic E-state index is -0.172. The zero-order chi connectivity index (χ0) is 17.6. The first-order chi connectivity index (χ1) is 12.1. The number of para-hydroxylation sites is 2. The van der Waals surface area contributed by atoms with Gasteiger partial charge in [0.2, 0.25) is 11.8 Å². The molecule has 0 aliphatic carbocycles. The van der Waals surface area contributed by atoms with Crippen LogP contribution in [-0.2, 0) is 11.3 Å². The number of rotatable bonds is 5. The number of phenolic OH excluding ortho intramolecular Hbond substituents is 1. The second kappa shape index (κ2) is 7.49. The van der Waals surface area contributed by atoms with Crippen LogP contribution in [0.5, 0.6) is 17.4 Å². The minimum Gasteiger partial charge on any atom is -0.508 e. The predicted molar refractivity (Wildman–Crippen MR) is 95.7 cm³/mol. The van der Waals surface area contributed by atoms with Gasteiger partial charge >= 0.3 is 0 Å². The Bertz CT molecular complexity index is 866. The Hall–Kier alpha value is -3.34. The molecule has 0 saturated carbocycles. The summed E-state index contributed by atoms with van der Waals surface area (Å²) in [6.45, 7) is 1.69. The van der Waals surface area contributed by atoms with Crippen LogP contribution >= 0.6 is 0 Å². The Kier molecular flexibility index (Phi) is 4.95. The number of aromatic hydroxyl groups is 1. The number of pyridine rings is 1. The van der Waals surface area contributed by atoms with E-state index in [1.54, 1.807) is 36.5 Å². The maximum atomic E-state index is 12.2. The second-order valence-electron chi connectivity index (χ2n) is 5.48. The van der Waals surface area contributed by atoms with Crippen LogP contribution in [-0.4, -0.2) is 16.0 Å². The lowest BCUT2D eigenvalue weighted by Gasteiger charge is -2.23. The van der Waals surface area contributed by atoms with Crippen molar-refractivity contribution in [2.45, 2.75) is 13.5 Å². The number of hydrogen-bond acceptors (Lipinski definition) is 4. The van der Waals surface area contributed by atoms with Gasteiger partial charge in [-0.15, -0.1) is 0 Å². The number of carbonyl (C=O) groups is 1. The fourth-order valence-electron chi connectivity index (χ4n) is 2.45. The third-order valence-electron chi connectivity index (χ3n) is 3.70. The van der Waals surface area contributed by atoms with Crippen molar-refractivity contribution in [1.29, 1.82) is 0 Å². The summed E-state index contributed by atoms with van der Waals surface area (Å²) in [6, 6.07) is 19.7. The molecule has 0 aliphatic rings. The van der Waals surface area contributed by atoms with E-state index in [0.29, 0.717) is 22.9 Å². The highest BCUT2D eigenvalue weighted by molar-refractivity contribution is 5.92. The van der Waals surface area contributed by atoms with Gasteiger partial charge in [0, 0.05) is 18.7 Å². The van der Waals surface area contributed by atoms with Gasteiger partial charge in [0.05, 0.1) is 6.54 Å². The van der Waals surface area contributed by atoms with E-state index in [2.05, 4.69) is 4.98 Å².